The van der Waals surface area contributed by atoms with E-state index < -0.39 is 6.10 Å². The summed E-state index contributed by atoms with van der Waals surface area (Å²) in [5, 5.41) is 13.5. The third-order valence-electron chi connectivity index (χ3n) is 3.98. The summed E-state index contributed by atoms with van der Waals surface area (Å²) in [5.41, 5.74) is 0.136. The molecule has 0 aromatic heterocycles. The van der Waals surface area contributed by atoms with Crippen molar-refractivity contribution in [2.24, 2.45) is 0 Å². The van der Waals surface area contributed by atoms with Gasteiger partial charge in [0.1, 0.15) is 18.5 Å². The molecule has 0 radical (unpaired) electrons. The smallest absolute Gasteiger partial charge is 0.120 e. The van der Waals surface area contributed by atoms with Crippen LogP contribution in [0.1, 0.15) is 40.0 Å². The van der Waals surface area contributed by atoms with Gasteiger partial charge < -0.3 is 15.2 Å². The third kappa shape index (κ3) is 5.43. The van der Waals surface area contributed by atoms with Gasteiger partial charge in [-0.2, -0.15) is 0 Å². The lowest BCUT2D eigenvalue weighted by Gasteiger charge is -2.33. The molecule has 3 nitrogen and oxygen atoms in total. The normalized spacial score (nSPS) is 13.2. The van der Waals surface area contributed by atoms with Crippen LogP contribution in [0, 0.1) is 0 Å². The molecule has 0 aliphatic rings. The van der Waals surface area contributed by atoms with Crippen molar-refractivity contribution >= 4 is 15.9 Å². The number of rotatable bonds is 9. The molecule has 0 heterocycles. The van der Waals surface area contributed by atoms with Gasteiger partial charge in [-0.1, -0.05) is 42.8 Å². The molecule has 114 valence electrons. The first-order chi connectivity index (χ1) is 9.55. The summed E-state index contributed by atoms with van der Waals surface area (Å²) in [6.45, 7) is 7.42. The fraction of sp³-hybridized carbons (Fsp3) is 0.625. The summed E-state index contributed by atoms with van der Waals surface area (Å²) >= 11 is 3.40. The zero-order valence-electron chi connectivity index (χ0n) is 12.7. The molecule has 1 rings (SSSR count). The highest BCUT2D eigenvalue weighted by molar-refractivity contribution is 9.10. The predicted molar refractivity (Wildman–Crippen MR) is 87.3 cm³/mol. The molecule has 1 aromatic rings. The maximum absolute atomic E-state index is 10.0. The zero-order chi connectivity index (χ0) is 15.0. The fourth-order valence-corrected chi connectivity index (χ4v) is 2.65. The van der Waals surface area contributed by atoms with Crippen molar-refractivity contribution < 1.29 is 9.84 Å². The molecule has 1 atom stereocenters. The molecular weight excluding hydrogens is 318 g/mol. The van der Waals surface area contributed by atoms with Crippen molar-refractivity contribution in [2.75, 3.05) is 13.2 Å². The van der Waals surface area contributed by atoms with Gasteiger partial charge in [0, 0.05) is 16.6 Å². The van der Waals surface area contributed by atoms with Gasteiger partial charge in [-0.05, 0) is 37.5 Å². The lowest BCUT2D eigenvalue weighted by Crippen LogP contribution is -2.47. The summed E-state index contributed by atoms with van der Waals surface area (Å²) < 4.78 is 6.57. The molecule has 0 aliphatic heterocycles. The van der Waals surface area contributed by atoms with Gasteiger partial charge in [-0.3, -0.25) is 0 Å². The van der Waals surface area contributed by atoms with E-state index in [1.54, 1.807) is 0 Å². The Morgan fingerprint density at radius 2 is 1.90 bits per heavy atom. The largest absolute Gasteiger partial charge is 0.491 e. The maximum atomic E-state index is 10.0. The van der Waals surface area contributed by atoms with Crippen LogP contribution >= 0.6 is 15.9 Å². The molecule has 0 spiro atoms. The average Bonchev–Trinajstić information content (AvgIpc) is 2.47. The molecule has 20 heavy (non-hydrogen) atoms. The minimum Gasteiger partial charge on any atom is -0.491 e. The summed E-state index contributed by atoms with van der Waals surface area (Å²) in [6.07, 6.45) is 2.70. The van der Waals surface area contributed by atoms with E-state index in [4.69, 9.17) is 4.74 Å². The van der Waals surface area contributed by atoms with Crippen molar-refractivity contribution in [3.8, 4) is 5.75 Å². The number of ether oxygens (including phenoxy) is 1. The van der Waals surface area contributed by atoms with Crippen LogP contribution in [-0.2, 0) is 0 Å². The van der Waals surface area contributed by atoms with E-state index in [0.717, 1.165) is 29.5 Å². The first kappa shape index (κ1) is 17.5. The fourth-order valence-electron chi connectivity index (χ4n) is 2.27. The van der Waals surface area contributed by atoms with Crippen LogP contribution in [0.2, 0.25) is 0 Å². The van der Waals surface area contributed by atoms with Gasteiger partial charge >= 0.3 is 0 Å². The topological polar surface area (TPSA) is 41.5 Å². The summed E-state index contributed by atoms with van der Waals surface area (Å²) in [6, 6.07) is 7.65. The van der Waals surface area contributed by atoms with E-state index >= 15 is 0 Å². The van der Waals surface area contributed by atoms with Crippen LogP contribution in [0.25, 0.3) is 0 Å². The minimum absolute atomic E-state index is 0.136. The summed E-state index contributed by atoms with van der Waals surface area (Å²) in [4.78, 5) is 0. The summed E-state index contributed by atoms with van der Waals surface area (Å²) in [5.74, 6) is 0.770. The second-order valence-corrected chi connectivity index (χ2v) is 6.06. The molecule has 2 N–H and O–H groups in total. The number of aliphatic hydroxyl groups is 1. The monoisotopic (exact) mass is 343 g/mol. The van der Waals surface area contributed by atoms with Crippen molar-refractivity contribution in [2.45, 2.75) is 51.7 Å². The Morgan fingerprint density at radius 3 is 2.45 bits per heavy atom. The standard InChI is InChI=1S/C16H26BrNO2/c1-4-16(5-2,6-3)18-11-14(19)12-20-15-9-7-8-13(17)10-15/h7-10,14,18-19H,4-6,11-12H2,1-3H3. The van der Waals surface area contributed by atoms with Crippen LogP contribution in [-0.4, -0.2) is 29.9 Å². The molecule has 0 fully saturated rings. The highest BCUT2D eigenvalue weighted by atomic mass is 79.9. The van der Waals surface area contributed by atoms with Crippen LogP contribution in [0.4, 0.5) is 0 Å². The molecule has 1 aromatic carbocycles. The van der Waals surface area contributed by atoms with Crippen LogP contribution < -0.4 is 10.1 Å². The zero-order valence-corrected chi connectivity index (χ0v) is 14.2. The van der Waals surface area contributed by atoms with Gasteiger partial charge in [0.2, 0.25) is 0 Å². The average molecular weight is 344 g/mol. The molecule has 1 unspecified atom stereocenters. The Kier molecular flexibility index (Phi) is 7.56. The molecule has 0 amide bonds. The van der Waals surface area contributed by atoms with Crippen LogP contribution in [0.5, 0.6) is 5.75 Å². The molecule has 4 heteroatoms. The van der Waals surface area contributed by atoms with Crippen molar-refractivity contribution in [1.82, 2.24) is 5.32 Å². The second-order valence-electron chi connectivity index (χ2n) is 5.14. The van der Waals surface area contributed by atoms with E-state index in [1.165, 1.54) is 0 Å². The SMILES string of the molecule is CCC(CC)(CC)NCC(O)COc1cccc(Br)c1. The second kappa shape index (κ2) is 8.65. The predicted octanol–water partition coefficient (Wildman–Crippen LogP) is 3.75. The molecule has 0 saturated carbocycles. The lowest BCUT2D eigenvalue weighted by atomic mass is 9.90. The van der Waals surface area contributed by atoms with Gasteiger partial charge in [-0.25, -0.2) is 0 Å². The number of aliphatic hydroxyl groups excluding tert-OH is 1. The molecule has 0 aliphatic carbocycles. The quantitative estimate of drug-likeness (QED) is 0.717. The number of nitrogens with one attached hydrogen (secondary N) is 1. The Morgan fingerprint density at radius 1 is 1.25 bits per heavy atom. The highest BCUT2D eigenvalue weighted by Crippen LogP contribution is 2.20. The van der Waals surface area contributed by atoms with Crippen LogP contribution in [0.15, 0.2) is 28.7 Å². The number of halogens is 1. The first-order valence-electron chi connectivity index (χ1n) is 7.36. The van der Waals surface area contributed by atoms with Gasteiger partial charge in [0.25, 0.3) is 0 Å². The van der Waals surface area contributed by atoms with Gasteiger partial charge in [-0.15, -0.1) is 0 Å². The van der Waals surface area contributed by atoms with E-state index in [9.17, 15) is 5.11 Å². The van der Waals surface area contributed by atoms with E-state index in [-0.39, 0.29) is 5.54 Å². The Balaban J connectivity index is 2.38. The van der Waals surface area contributed by atoms with Crippen molar-refractivity contribution in [3.63, 3.8) is 0 Å². The minimum atomic E-state index is -0.502. The number of hydrogen-bond acceptors (Lipinski definition) is 3. The van der Waals surface area contributed by atoms with Crippen LogP contribution in [0.3, 0.4) is 0 Å². The number of β-amino-alcohol motifs (C(OH)–C–C–N with tert-alkyl or cyclic N) is 1. The Hall–Kier alpha value is -0.580. The van der Waals surface area contributed by atoms with E-state index in [2.05, 4.69) is 42.0 Å². The summed E-state index contributed by atoms with van der Waals surface area (Å²) in [7, 11) is 0. The molecule has 0 bridgehead atoms. The van der Waals surface area contributed by atoms with Crippen molar-refractivity contribution in [1.29, 1.82) is 0 Å². The first-order valence-corrected chi connectivity index (χ1v) is 8.16. The maximum Gasteiger partial charge on any atom is 0.120 e. The van der Waals surface area contributed by atoms with E-state index in [1.807, 2.05) is 24.3 Å². The van der Waals surface area contributed by atoms with Gasteiger partial charge in [0.05, 0.1) is 0 Å². The molecular formula is C16H26BrNO2. The van der Waals surface area contributed by atoms with Gasteiger partial charge in [0.15, 0.2) is 0 Å². The number of hydrogen-bond donors (Lipinski definition) is 2. The van der Waals surface area contributed by atoms with Crippen molar-refractivity contribution in [3.05, 3.63) is 28.7 Å². The lowest BCUT2D eigenvalue weighted by molar-refractivity contribution is 0.0942. The Labute approximate surface area is 130 Å². The molecule has 0 saturated heterocycles. The van der Waals surface area contributed by atoms with E-state index in [0.29, 0.717) is 13.2 Å². The number of benzene rings is 1. The third-order valence-corrected chi connectivity index (χ3v) is 4.47. The highest BCUT2D eigenvalue weighted by Gasteiger charge is 2.23. The Bertz CT molecular complexity index is 386.